The molecular weight excluding hydrogens is 301 g/mol. The zero-order chi connectivity index (χ0) is 14.9. The molecule has 1 aliphatic heterocycles. The first-order chi connectivity index (χ1) is 9.41. The van der Waals surface area contributed by atoms with E-state index in [4.69, 9.17) is 11.6 Å². The highest BCUT2D eigenvalue weighted by Gasteiger charge is 2.40. The minimum Gasteiger partial charge on any atom is -0.207 e. The van der Waals surface area contributed by atoms with Crippen molar-refractivity contribution in [2.24, 2.45) is 0 Å². The van der Waals surface area contributed by atoms with Gasteiger partial charge in [-0.2, -0.15) is 4.31 Å². The second-order valence-corrected chi connectivity index (χ2v) is 7.29. The normalized spacial score (nSPS) is 24.2. The van der Waals surface area contributed by atoms with Gasteiger partial charge in [-0.25, -0.2) is 12.8 Å². The molecule has 0 spiro atoms. The fourth-order valence-corrected chi connectivity index (χ4v) is 5.36. The molecule has 0 amide bonds. The summed E-state index contributed by atoms with van der Waals surface area (Å²) >= 11 is 5.80. The molecule has 1 aromatic rings. The van der Waals surface area contributed by atoms with Crippen LogP contribution in [0.1, 0.15) is 38.7 Å². The summed E-state index contributed by atoms with van der Waals surface area (Å²) in [5, 5.41) is 0. The van der Waals surface area contributed by atoms with Crippen molar-refractivity contribution in [1.29, 1.82) is 0 Å². The third-order valence-electron chi connectivity index (χ3n) is 3.91. The zero-order valence-electron chi connectivity index (χ0n) is 11.6. The molecule has 1 aliphatic rings. The lowest BCUT2D eigenvalue weighted by Crippen LogP contribution is -2.40. The summed E-state index contributed by atoms with van der Waals surface area (Å²) in [4.78, 5) is -0.000278. The number of nitrogens with zero attached hydrogens (tertiary/aromatic N) is 1. The van der Waals surface area contributed by atoms with E-state index in [1.54, 1.807) is 0 Å². The Balaban J connectivity index is 2.52. The Morgan fingerprint density at radius 3 is 2.70 bits per heavy atom. The maximum absolute atomic E-state index is 13.5. The van der Waals surface area contributed by atoms with Crippen molar-refractivity contribution in [1.82, 2.24) is 4.31 Å². The molecule has 1 heterocycles. The lowest BCUT2D eigenvalue weighted by atomic mass is 10.2. The summed E-state index contributed by atoms with van der Waals surface area (Å²) in [5.41, 5.74) is 0.446. The van der Waals surface area contributed by atoms with Crippen LogP contribution in [-0.4, -0.2) is 24.8 Å². The van der Waals surface area contributed by atoms with Crippen LogP contribution in [0.25, 0.3) is 0 Å². The Labute approximate surface area is 124 Å². The van der Waals surface area contributed by atoms with Gasteiger partial charge in [0.25, 0.3) is 0 Å². The van der Waals surface area contributed by atoms with Gasteiger partial charge in [0.05, 0.1) is 4.90 Å². The monoisotopic (exact) mass is 319 g/mol. The van der Waals surface area contributed by atoms with E-state index in [0.717, 1.165) is 25.3 Å². The number of benzene rings is 1. The van der Waals surface area contributed by atoms with Gasteiger partial charge in [0.1, 0.15) is 5.82 Å². The highest BCUT2D eigenvalue weighted by molar-refractivity contribution is 7.89. The quantitative estimate of drug-likeness (QED) is 0.796. The van der Waals surface area contributed by atoms with Gasteiger partial charge < -0.3 is 0 Å². The highest BCUT2D eigenvalue weighted by atomic mass is 35.5. The van der Waals surface area contributed by atoms with E-state index in [9.17, 15) is 12.8 Å². The second kappa shape index (κ2) is 6.00. The predicted molar refractivity (Wildman–Crippen MR) is 77.8 cm³/mol. The number of halogens is 2. The molecule has 0 saturated carbocycles. The Bertz CT molecular complexity index is 591. The first-order valence-electron chi connectivity index (χ1n) is 6.79. The van der Waals surface area contributed by atoms with E-state index < -0.39 is 15.8 Å². The molecule has 20 heavy (non-hydrogen) atoms. The fourth-order valence-electron chi connectivity index (χ4n) is 2.86. The molecule has 2 unspecified atom stereocenters. The van der Waals surface area contributed by atoms with Crippen molar-refractivity contribution in [3.05, 3.63) is 29.6 Å². The Morgan fingerprint density at radius 2 is 2.10 bits per heavy atom. The largest absolute Gasteiger partial charge is 0.243 e. The maximum atomic E-state index is 13.5. The lowest BCUT2D eigenvalue weighted by molar-refractivity contribution is 0.328. The first-order valence-corrected chi connectivity index (χ1v) is 8.77. The molecule has 1 fully saturated rings. The third kappa shape index (κ3) is 2.71. The van der Waals surface area contributed by atoms with Crippen molar-refractivity contribution in [3.63, 3.8) is 0 Å². The summed E-state index contributed by atoms with van der Waals surface area (Å²) in [6.07, 6.45) is 2.45. The molecule has 2 atom stereocenters. The highest BCUT2D eigenvalue weighted by Crippen LogP contribution is 2.34. The van der Waals surface area contributed by atoms with Crippen LogP contribution in [0.3, 0.4) is 0 Å². The summed E-state index contributed by atoms with van der Waals surface area (Å²) < 4.78 is 40.7. The van der Waals surface area contributed by atoms with Crippen LogP contribution in [0.5, 0.6) is 0 Å². The smallest absolute Gasteiger partial charge is 0.207 e. The summed E-state index contributed by atoms with van der Waals surface area (Å²) in [6, 6.07) is 3.68. The van der Waals surface area contributed by atoms with Crippen molar-refractivity contribution >= 4 is 21.6 Å². The van der Waals surface area contributed by atoms with E-state index in [1.807, 2.05) is 13.8 Å². The zero-order valence-corrected chi connectivity index (χ0v) is 13.2. The molecular formula is C14H19ClFNO2S. The van der Waals surface area contributed by atoms with Crippen LogP contribution in [0, 0.1) is 5.82 Å². The van der Waals surface area contributed by atoms with Crippen LogP contribution in [-0.2, 0) is 15.9 Å². The number of hydrogen-bond donors (Lipinski definition) is 0. The molecule has 0 bridgehead atoms. The standard InChI is InChI=1S/C14H19ClFNO2S/c1-3-13-7-4-10(2)17(13)20(18,19)14-8-12(16)6-5-11(14)9-15/h5-6,8,10,13H,3-4,7,9H2,1-2H3. The van der Waals surface area contributed by atoms with Gasteiger partial charge in [0.15, 0.2) is 0 Å². The Hall–Kier alpha value is -0.650. The van der Waals surface area contributed by atoms with Crippen molar-refractivity contribution < 1.29 is 12.8 Å². The molecule has 0 aliphatic carbocycles. The molecule has 2 rings (SSSR count). The number of hydrogen-bond acceptors (Lipinski definition) is 2. The Morgan fingerprint density at radius 1 is 1.40 bits per heavy atom. The summed E-state index contributed by atoms with van der Waals surface area (Å²) in [5.74, 6) is -0.509. The summed E-state index contributed by atoms with van der Waals surface area (Å²) in [6.45, 7) is 3.87. The van der Waals surface area contributed by atoms with Crippen LogP contribution in [0.2, 0.25) is 0 Å². The van der Waals surface area contributed by atoms with E-state index >= 15 is 0 Å². The van der Waals surface area contributed by atoms with Crippen molar-refractivity contribution in [2.75, 3.05) is 0 Å². The third-order valence-corrected chi connectivity index (χ3v) is 6.35. The molecule has 0 aromatic heterocycles. The van der Waals surface area contributed by atoms with Gasteiger partial charge in [-0.05, 0) is 43.9 Å². The molecule has 0 radical (unpaired) electrons. The van der Waals surface area contributed by atoms with Crippen LogP contribution in [0.4, 0.5) is 4.39 Å². The average molecular weight is 320 g/mol. The Kier molecular flexibility index (Phi) is 4.72. The van der Waals surface area contributed by atoms with Gasteiger partial charge >= 0.3 is 0 Å². The molecule has 1 aromatic carbocycles. The minimum absolute atomic E-state index is 0.000278. The molecule has 112 valence electrons. The van der Waals surface area contributed by atoms with Gasteiger partial charge in [-0.3, -0.25) is 0 Å². The number of alkyl halides is 1. The van der Waals surface area contributed by atoms with E-state index in [1.165, 1.54) is 16.4 Å². The van der Waals surface area contributed by atoms with Gasteiger partial charge in [0, 0.05) is 18.0 Å². The van der Waals surface area contributed by atoms with E-state index in [0.29, 0.717) is 5.56 Å². The lowest BCUT2D eigenvalue weighted by Gasteiger charge is -2.27. The molecule has 0 N–H and O–H groups in total. The number of rotatable bonds is 4. The summed E-state index contributed by atoms with van der Waals surface area (Å²) in [7, 11) is -3.71. The van der Waals surface area contributed by atoms with E-state index in [2.05, 4.69) is 0 Å². The maximum Gasteiger partial charge on any atom is 0.243 e. The average Bonchev–Trinajstić information content (AvgIpc) is 2.80. The van der Waals surface area contributed by atoms with Gasteiger partial charge in [-0.15, -0.1) is 11.6 Å². The SMILES string of the molecule is CCC1CCC(C)N1S(=O)(=O)c1cc(F)ccc1CCl. The van der Waals surface area contributed by atoms with Gasteiger partial charge in [0.2, 0.25) is 10.0 Å². The molecule has 3 nitrogen and oxygen atoms in total. The molecule has 6 heteroatoms. The second-order valence-electron chi connectivity index (χ2n) is 5.21. The predicted octanol–water partition coefficient (Wildman–Crippen LogP) is 3.52. The molecule has 1 saturated heterocycles. The van der Waals surface area contributed by atoms with Crippen LogP contribution in [0.15, 0.2) is 23.1 Å². The van der Waals surface area contributed by atoms with Gasteiger partial charge in [-0.1, -0.05) is 13.0 Å². The fraction of sp³-hybridized carbons (Fsp3) is 0.571. The van der Waals surface area contributed by atoms with Crippen molar-refractivity contribution in [3.8, 4) is 0 Å². The topological polar surface area (TPSA) is 37.4 Å². The van der Waals surface area contributed by atoms with Crippen molar-refractivity contribution in [2.45, 2.75) is 56.0 Å². The van der Waals surface area contributed by atoms with E-state index in [-0.39, 0.29) is 22.9 Å². The number of sulfonamides is 1. The van der Waals surface area contributed by atoms with Crippen LogP contribution < -0.4 is 0 Å². The minimum atomic E-state index is -3.71. The first kappa shape index (κ1) is 15.7. The van der Waals surface area contributed by atoms with Crippen LogP contribution >= 0.6 is 11.6 Å².